The summed E-state index contributed by atoms with van der Waals surface area (Å²) in [6.07, 6.45) is -3.53. The molecule has 0 atom stereocenters. The van der Waals surface area contributed by atoms with Crippen molar-refractivity contribution in [3.63, 3.8) is 0 Å². The highest BCUT2D eigenvalue weighted by Crippen LogP contribution is 2.30. The van der Waals surface area contributed by atoms with E-state index in [0.717, 1.165) is 12.1 Å². The molecule has 0 spiro atoms. The molecule has 1 aliphatic heterocycles. The maximum atomic E-state index is 13.3. The Labute approximate surface area is 225 Å². The molecule has 2 heterocycles. The van der Waals surface area contributed by atoms with E-state index < -0.39 is 18.2 Å². The maximum Gasteiger partial charge on any atom is 0.573 e. The smallest absolute Gasteiger partial charge is 0.457 e. The van der Waals surface area contributed by atoms with Crippen molar-refractivity contribution < 1.29 is 36.7 Å². The highest BCUT2D eigenvalue weighted by Gasteiger charge is 2.35. The van der Waals surface area contributed by atoms with Crippen molar-refractivity contribution in [1.82, 2.24) is 5.32 Å². The normalized spacial score (nSPS) is 14.9. The fourth-order valence-corrected chi connectivity index (χ4v) is 4.01. The van der Waals surface area contributed by atoms with Gasteiger partial charge in [-0.25, -0.2) is 0 Å². The van der Waals surface area contributed by atoms with Gasteiger partial charge < -0.3 is 13.9 Å². The molecule has 0 saturated carbocycles. The van der Waals surface area contributed by atoms with Crippen LogP contribution in [0, 0.1) is 0 Å². The summed E-state index contributed by atoms with van der Waals surface area (Å²) in [5.74, 6) is -0.0507. The number of hydrogen-bond donors (Lipinski definition) is 1. The molecular weight excluding hydrogens is 533 g/mol. The second-order valence-corrected chi connectivity index (χ2v) is 8.53. The topological polar surface area (TPSA) is 81.0 Å². The lowest BCUT2D eigenvalue weighted by atomic mass is 10.1. The van der Waals surface area contributed by atoms with Crippen molar-refractivity contribution >= 4 is 40.9 Å². The van der Waals surface area contributed by atoms with Crippen LogP contribution in [0.15, 0.2) is 101 Å². The van der Waals surface area contributed by atoms with E-state index in [1.807, 2.05) is 18.2 Å². The molecule has 0 bridgehead atoms. The van der Waals surface area contributed by atoms with E-state index in [4.69, 9.17) is 21.4 Å². The van der Waals surface area contributed by atoms with Gasteiger partial charge in [0.05, 0.1) is 5.69 Å². The number of para-hydroxylation sites is 1. The molecule has 1 aliphatic rings. The number of halogens is 3. The van der Waals surface area contributed by atoms with Gasteiger partial charge in [0.25, 0.3) is 11.8 Å². The fraction of sp³-hybridized carbons (Fsp3) is 0.0357. The van der Waals surface area contributed by atoms with Crippen LogP contribution in [0.3, 0.4) is 0 Å². The fourth-order valence-electron chi connectivity index (χ4n) is 3.73. The number of anilines is 1. The Morgan fingerprint density at radius 3 is 2.13 bits per heavy atom. The quantitative estimate of drug-likeness (QED) is 0.168. The first kappa shape index (κ1) is 25.7. The molecule has 39 heavy (non-hydrogen) atoms. The largest absolute Gasteiger partial charge is 0.573 e. The first-order chi connectivity index (χ1) is 18.7. The van der Waals surface area contributed by atoms with Gasteiger partial charge >= 0.3 is 6.36 Å². The average molecular weight is 551 g/mol. The van der Waals surface area contributed by atoms with Crippen LogP contribution < -0.4 is 19.7 Å². The van der Waals surface area contributed by atoms with E-state index in [1.54, 1.807) is 42.5 Å². The molecule has 3 aromatic carbocycles. The van der Waals surface area contributed by atoms with Gasteiger partial charge in [-0.05, 0) is 91.1 Å². The molecule has 2 amide bonds. The Kier molecular flexibility index (Phi) is 6.90. The van der Waals surface area contributed by atoms with Crippen molar-refractivity contribution in [3.8, 4) is 28.6 Å². The van der Waals surface area contributed by atoms with Crippen LogP contribution in [-0.4, -0.2) is 23.3 Å². The third-order valence-electron chi connectivity index (χ3n) is 5.46. The number of nitrogens with one attached hydrogen (secondary N) is 1. The molecular formula is C28H17F3N2O5S. The third-order valence-corrected chi connectivity index (χ3v) is 5.75. The van der Waals surface area contributed by atoms with Crippen LogP contribution >= 0.6 is 12.2 Å². The predicted octanol–water partition coefficient (Wildman–Crippen LogP) is 6.47. The number of carbonyl (C=O) groups excluding carboxylic acids is 2. The molecule has 1 saturated heterocycles. The average Bonchev–Trinajstić information content (AvgIpc) is 3.36. The van der Waals surface area contributed by atoms with Crippen LogP contribution in [0.2, 0.25) is 0 Å². The number of thiocarbonyl (C=S) groups is 1. The van der Waals surface area contributed by atoms with Crippen LogP contribution in [0.25, 0.3) is 17.4 Å². The first-order valence-electron chi connectivity index (χ1n) is 11.4. The molecule has 196 valence electrons. The summed E-state index contributed by atoms with van der Waals surface area (Å²) in [6, 6.07) is 23.9. The van der Waals surface area contributed by atoms with Crippen molar-refractivity contribution in [2.45, 2.75) is 6.36 Å². The van der Waals surface area contributed by atoms with Gasteiger partial charge in [0, 0.05) is 5.56 Å². The maximum absolute atomic E-state index is 13.3. The highest BCUT2D eigenvalue weighted by molar-refractivity contribution is 7.80. The van der Waals surface area contributed by atoms with Gasteiger partial charge in [0.1, 0.15) is 34.3 Å². The second-order valence-electron chi connectivity index (χ2n) is 8.14. The molecule has 0 unspecified atom stereocenters. The van der Waals surface area contributed by atoms with Crippen LogP contribution in [-0.2, 0) is 9.59 Å². The molecule has 4 aromatic rings. The van der Waals surface area contributed by atoms with Gasteiger partial charge in [-0.15, -0.1) is 13.2 Å². The lowest BCUT2D eigenvalue weighted by molar-refractivity contribution is -0.274. The molecule has 1 fully saturated rings. The number of hydrogen-bond acceptors (Lipinski definition) is 6. The Morgan fingerprint density at radius 1 is 0.821 bits per heavy atom. The molecule has 11 heteroatoms. The zero-order chi connectivity index (χ0) is 27.6. The van der Waals surface area contributed by atoms with Gasteiger partial charge in [-0.3, -0.25) is 19.8 Å². The van der Waals surface area contributed by atoms with Crippen LogP contribution in [0.4, 0.5) is 18.9 Å². The van der Waals surface area contributed by atoms with Gasteiger partial charge in [-0.2, -0.15) is 0 Å². The number of carbonyl (C=O) groups is 2. The van der Waals surface area contributed by atoms with Crippen molar-refractivity contribution in [1.29, 1.82) is 0 Å². The van der Waals surface area contributed by atoms with E-state index in [0.29, 0.717) is 28.5 Å². The first-order valence-corrected chi connectivity index (χ1v) is 11.8. The lowest BCUT2D eigenvalue weighted by Gasteiger charge is -2.28. The molecule has 7 nitrogen and oxygen atoms in total. The van der Waals surface area contributed by atoms with Gasteiger partial charge in [-0.1, -0.05) is 18.2 Å². The number of rotatable bonds is 6. The van der Waals surface area contributed by atoms with Crippen molar-refractivity contribution in [2.75, 3.05) is 4.90 Å². The van der Waals surface area contributed by atoms with Gasteiger partial charge in [0.2, 0.25) is 0 Å². The zero-order valence-corrected chi connectivity index (χ0v) is 20.6. The van der Waals surface area contributed by atoms with E-state index >= 15 is 0 Å². The minimum Gasteiger partial charge on any atom is -0.457 e. The molecule has 1 aromatic heterocycles. The predicted molar refractivity (Wildman–Crippen MR) is 140 cm³/mol. The van der Waals surface area contributed by atoms with Crippen molar-refractivity contribution in [2.24, 2.45) is 0 Å². The summed E-state index contributed by atoms with van der Waals surface area (Å²) in [5, 5.41) is 2.41. The summed E-state index contributed by atoms with van der Waals surface area (Å²) < 4.78 is 52.5. The standard InChI is InChI=1S/C28H17F3N2O5S/c29-28(30,31)38-21-10-6-17(7-11-21)24-15-14-22(37-24)16-23-25(34)32-27(39)33(26(23)35)18-8-12-20(13-9-18)36-19-4-2-1-3-5-19/h1-16H,(H,32,34,39)/b23-16+. The molecule has 0 radical (unpaired) electrons. The Hall–Kier alpha value is -4.90. The summed E-state index contributed by atoms with van der Waals surface area (Å²) in [4.78, 5) is 27.1. The summed E-state index contributed by atoms with van der Waals surface area (Å²) >= 11 is 5.24. The second kappa shape index (κ2) is 10.5. The van der Waals surface area contributed by atoms with E-state index in [9.17, 15) is 22.8 Å². The number of ether oxygens (including phenoxy) is 2. The minimum absolute atomic E-state index is 0.0832. The number of amides is 2. The summed E-state index contributed by atoms with van der Waals surface area (Å²) in [7, 11) is 0. The van der Waals surface area contributed by atoms with E-state index in [1.165, 1.54) is 29.2 Å². The number of alkyl halides is 3. The van der Waals surface area contributed by atoms with Crippen molar-refractivity contribution in [3.05, 3.63) is 102 Å². The Morgan fingerprint density at radius 2 is 1.46 bits per heavy atom. The summed E-state index contributed by atoms with van der Waals surface area (Å²) in [6.45, 7) is 0. The zero-order valence-electron chi connectivity index (χ0n) is 19.8. The number of furan rings is 1. The Balaban J connectivity index is 1.34. The molecule has 1 N–H and O–H groups in total. The van der Waals surface area contributed by atoms with E-state index in [-0.39, 0.29) is 22.2 Å². The molecule has 5 rings (SSSR count). The highest BCUT2D eigenvalue weighted by atomic mass is 32.1. The third kappa shape index (κ3) is 5.99. The Bertz CT molecular complexity index is 1560. The monoisotopic (exact) mass is 550 g/mol. The summed E-state index contributed by atoms with van der Waals surface area (Å²) in [5.41, 5.74) is 0.662. The number of nitrogens with zero attached hydrogens (tertiary/aromatic N) is 1. The SMILES string of the molecule is O=C1NC(=S)N(c2ccc(Oc3ccccc3)cc2)C(=O)/C1=C/c1ccc(-c2ccc(OC(F)(F)F)cc2)o1. The van der Waals surface area contributed by atoms with E-state index in [2.05, 4.69) is 10.1 Å². The number of benzene rings is 3. The molecule has 0 aliphatic carbocycles. The van der Waals surface area contributed by atoms with Gasteiger partial charge in [0.15, 0.2) is 5.11 Å². The van der Waals surface area contributed by atoms with Crippen LogP contribution in [0.5, 0.6) is 17.2 Å². The lowest BCUT2D eigenvalue weighted by Crippen LogP contribution is -2.54. The van der Waals surface area contributed by atoms with Crippen LogP contribution in [0.1, 0.15) is 5.76 Å². The minimum atomic E-state index is -4.80.